The Morgan fingerprint density at radius 2 is 1.23 bits per heavy atom. The fourth-order valence-corrected chi connectivity index (χ4v) is 5.68. The molecule has 0 aliphatic carbocycles. The molecule has 7 heteroatoms. The number of benzene rings is 2. The van der Waals surface area contributed by atoms with Gasteiger partial charge in [-0.2, -0.15) is 0 Å². The quantitative estimate of drug-likeness (QED) is 0.282. The zero-order chi connectivity index (χ0) is 23.6. The van der Waals surface area contributed by atoms with Crippen LogP contribution in [0, 0.1) is 0 Å². The topological polar surface area (TPSA) is 44.8 Å². The number of Topliss-reactive ketones (excluding diaryl/α,β-unsaturated/α-hetero) is 1. The summed E-state index contributed by atoms with van der Waals surface area (Å²) in [6.45, 7) is 21.2. The summed E-state index contributed by atoms with van der Waals surface area (Å²) in [6, 6.07) is 13.5. The average molecular weight is 475 g/mol. The zero-order valence-electron chi connectivity index (χ0n) is 20.8. The van der Waals surface area contributed by atoms with E-state index in [0.29, 0.717) is 11.3 Å². The molecule has 2 rings (SSSR count). The first-order valence-corrected chi connectivity index (χ1v) is 21.1. The van der Waals surface area contributed by atoms with E-state index in [1.165, 1.54) is 0 Å². The van der Waals surface area contributed by atoms with Crippen LogP contribution in [0.15, 0.2) is 42.5 Å². The van der Waals surface area contributed by atoms with Gasteiger partial charge in [-0.25, -0.2) is 0 Å². The standard InChI is InChI=1S/C24H38O4Si3/c1-18(20-13-11-12-14-22(20)27-30(5,6)7)24(25)21-16-15-19(26-29(2,3)4)17-23(21)28-31(8,9)10/h11-18H,1-10H3. The largest absolute Gasteiger partial charge is 0.544 e. The first-order chi connectivity index (χ1) is 14.1. The predicted molar refractivity (Wildman–Crippen MR) is 138 cm³/mol. The van der Waals surface area contributed by atoms with Crippen LogP contribution < -0.4 is 13.3 Å². The minimum atomic E-state index is -1.93. The highest BCUT2D eigenvalue weighted by atomic mass is 28.4. The van der Waals surface area contributed by atoms with E-state index < -0.39 is 25.0 Å². The van der Waals surface area contributed by atoms with E-state index >= 15 is 0 Å². The summed E-state index contributed by atoms with van der Waals surface area (Å²) in [4.78, 5) is 13.6. The molecule has 0 radical (unpaired) electrons. The van der Waals surface area contributed by atoms with Gasteiger partial charge >= 0.3 is 0 Å². The number of carbonyl (C=O) groups is 1. The molecule has 0 saturated heterocycles. The van der Waals surface area contributed by atoms with Crippen LogP contribution in [0.25, 0.3) is 0 Å². The molecule has 31 heavy (non-hydrogen) atoms. The highest BCUT2D eigenvalue weighted by molar-refractivity contribution is 6.71. The van der Waals surface area contributed by atoms with Crippen molar-refractivity contribution in [3.8, 4) is 17.2 Å². The Hall–Kier alpha value is -1.84. The monoisotopic (exact) mass is 474 g/mol. The Balaban J connectivity index is 2.46. The van der Waals surface area contributed by atoms with E-state index in [2.05, 4.69) is 58.9 Å². The molecule has 0 N–H and O–H groups in total. The second-order valence-electron chi connectivity index (χ2n) is 10.9. The van der Waals surface area contributed by atoms with Gasteiger partial charge in [0.15, 0.2) is 5.78 Å². The fraction of sp³-hybridized carbons (Fsp3) is 0.458. The highest BCUT2D eigenvalue weighted by Gasteiger charge is 2.28. The third-order valence-electron chi connectivity index (χ3n) is 4.25. The van der Waals surface area contributed by atoms with Gasteiger partial charge < -0.3 is 13.3 Å². The summed E-state index contributed by atoms with van der Waals surface area (Å²) in [7, 11) is -5.51. The van der Waals surface area contributed by atoms with Gasteiger partial charge in [0.1, 0.15) is 17.2 Å². The fourth-order valence-electron chi connectivity index (χ4n) is 3.17. The van der Waals surface area contributed by atoms with Crippen molar-refractivity contribution in [2.24, 2.45) is 0 Å². The van der Waals surface area contributed by atoms with Crippen LogP contribution in [-0.4, -0.2) is 30.7 Å². The SMILES string of the molecule is CC(C(=O)c1ccc(O[Si](C)(C)C)cc1O[Si](C)(C)C)c1ccccc1O[Si](C)(C)C. The van der Waals surface area contributed by atoms with E-state index in [0.717, 1.165) is 17.1 Å². The highest BCUT2D eigenvalue weighted by Crippen LogP contribution is 2.35. The van der Waals surface area contributed by atoms with Crippen LogP contribution in [0.5, 0.6) is 17.2 Å². The summed E-state index contributed by atoms with van der Waals surface area (Å²) in [5.41, 5.74) is 1.51. The lowest BCUT2D eigenvalue weighted by atomic mass is 9.91. The van der Waals surface area contributed by atoms with Crippen molar-refractivity contribution >= 4 is 30.7 Å². The van der Waals surface area contributed by atoms with E-state index in [1.807, 2.05) is 49.4 Å². The minimum Gasteiger partial charge on any atom is -0.544 e. The Morgan fingerprint density at radius 3 is 1.77 bits per heavy atom. The summed E-state index contributed by atoms with van der Waals surface area (Å²) in [5.74, 6) is 1.86. The first-order valence-electron chi connectivity index (χ1n) is 10.9. The summed E-state index contributed by atoms with van der Waals surface area (Å²) < 4.78 is 18.8. The summed E-state index contributed by atoms with van der Waals surface area (Å²) in [6.07, 6.45) is 0. The summed E-state index contributed by atoms with van der Waals surface area (Å²) in [5, 5.41) is 0. The average Bonchev–Trinajstić information content (AvgIpc) is 2.57. The molecule has 0 heterocycles. The Kier molecular flexibility index (Phi) is 7.66. The molecule has 0 bridgehead atoms. The number of rotatable bonds is 9. The molecule has 0 aliphatic rings. The molecule has 2 aromatic rings. The van der Waals surface area contributed by atoms with Crippen LogP contribution in [0.2, 0.25) is 58.9 Å². The Bertz CT molecular complexity index is 922. The predicted octanol–water partition coefficient (Wildman–Crippen LogP) is 7.31. The molecule has 170 valence electrons. The molecule has 0 fully saturated rings. The van der Waals surface area contributed by atoms with Gasteiger partial charge in [0.25, 0.3) is 0 Å². The lowest BCUT2D eigenvalue weighted by Gasteiger charge is -2.26. The number of hydrogen-bond acceptors (Lipinski definition) is 4. The number of para-hydroxylation sites is 1. The van der Waals surface area contributed by atoms with Crippen LogP contribution in [-0.2, 0) is 0 Å². The molecule has 2 aromatic carbocycles. The maximum Gasteiger partial charge on any atom is 0.242 e. The van der Waals surface area contributed by atoms with E-state index in [1.54, 1.807) is 0 Å². The van der Waals surface area contributed by atoms with Crippen LogP contribution in [0.1, 0.15) is 28.8 Å². The Labute approximate surface area is 191 Å². The van der Waals surface area contributed by atoms with Gasteiger partial charge in [-0.05, 0) is 77.1 Å². The third kappa shape index (κ3) is 7.97. The molecular formula is C24H38O4Si3. The molecule has 1 unspecified atom stereocenters. The Morgan fingerprint density at radius 1 is 0.710 bits per heavy atom. The van der Waals surface area contributed by atoms with Crippen molar-refractivity contribution in [3.63, 3.8) is 0 Å². The normalized spacial score (nSPS) is 13.5. The van der Waals surface area contributed by atoms with Gasteiger partial charge in [0.05, 0.1) is 5.56 Å². The smallest absolute Gasteiger partial charge is 0.242 e. The van der Waals surface area contributed by atoms with Crippen LogP contribution in [0.3, 0.4) is 0 Å². The van der Waals surface area contributed by atoms with Crippen molar-refractivity contribution in [2.75, 3.05) is 0 Å². The van der Waals surface area contributed by atoms with Gasteiger partial charge in [-0.3, -0.25) is 4.79 Å². The molecule has 1 atom stereocenters. The number of carbonyl (C=O) groups excluding carboxylic acids is 1. The molecule has 0 amide bonds. The lowest BCUT2D eigenvalue weighted by Crippen LogP contribution is -2.31. The maximum absolute atomic E-state index is 13.6. The number of ketones is 1. The van der Waals surface area contributed by atoms with Crippen LogP contribution >= 0.6 is 0 Å². The summed E-state index contributed by atoms with van der Waals surface area (Å²) >= 11 is 0. The maximum atomic E-state index is 13.6. The second kappa shape index (κ2) is 9.34. The van der Waals surface area contributed by atoms with E-state index in [-0.39, 0.29) is 11.7 Å². The van der Waals surface area contributed by atoms with Crippen molar-refractivity contribution in [3.05, 3.63) is 53.6 Å². The second-order valence-corrected chi connectivity index (χ2v) is 24.2. The van der Waals surface area contributed by atoms with Gasteiger partial charge in [-0.1, -0.05) is 25.1 Å². The zero-order valence-corrected chi connectivity index (χ0v) is 23.8. The van der Waals surface area contributed by atoms with Crippen molar-refractivity contribution < 1.29 is 18.1 Å². The lowest BCUT2D eigenvalue weighted by molar-refractivity contribution is 0.0963. The van der Waals surface area contributed by atoms with Gasteiger partial charge in [0.2, 0.25) is 25.0 Å². The van der Waals surface area contributed by atoms with Crippen molar-refractivity contribution in [1.82, 2.24) is 0 Å². The van der Waals surface area contributed by atoms with E-state index in [4.69, 9.17) is 13.3 Å². The van der Waals surface area contributed by atoms with Crippen molar-refractivity contribution in [1.29, 1.82) is 0 Å². The molecule has 0 saturated carbocycles. The third-order valence-corrected chi connectivity index (χ3v) is 6.77. The minimum absolute atomic E-state index is 0.0272. The molecule has 0 aliphatic heterocycles. The van der Waals surface area contributed by atoms with Crippen LogP contribution in [0.4, 0.5) is 0 Å². The molecule has 4 nitrogen and oxygen atoms in total. The first kappa shape index (κ1) is 25.4. The van der Waals surface area contributed by atoms with E-state index in [9.17, 15) is 4.79 Å². The van der Waals surface area contributed by atoms with Gasteiger partial charge in [-0.15, -0.1) is 0 Å². The molecule has 0 aromatic heterocycles. The molecule has 0 spiro atoms. The molecular weight excluding hydrogens is 437 g/mol. The van der Waals surface area contributed by atoms with Crippen molar-refractivity contribution in [2.45, 2.75) is 71.8 Å². The van der Waals surface area contributed by atoms with Gasteiger partial charge in [0, 0.05) is 17.5 Å². The number of hydrogen-bond donors (Lipinski definition) is 0.